The number of carbonyl (C=O) groups is 3. The van der Waals surface area contributed by atoms with Crippen LogP contribution >= 0.6 is 15.9 Å². The topological polar surface area (TPSA) is 75.7 Å². The first kappa shape index (κ1) is 23.4. The molecule has 1 fully saturated rings. The highest BCUT2D eigenvalue weighted by molar-refractivity contribution is 9.10. The van der Waals surface area contributed by atoms with Crippen LogP contribution in [0.1, 0.15) is 27.8 Å². The minimum absolute atomic E-state index is 0.116. The maximum atomic E-state index is 13.3. The van der Waals surface area contributed by atoms with Gasteiger partial charge < -0.3 is 4.74 Å². The zero-order valence-electron chi connectivity index (χ0n) is 19.0. The molecule has 0 radical (unpaired) electrons. The highest BCUT2D eigenvalue weighted by Gasteiger charge is 2.36. The number of amides is 4. The first-order valence-electron chi connectivity index (χ1n) is 10.7. The van der Waals surface area contributed by atoms with Crippen LogP contribution in [0.25, 0.3) is 6.08 Å². The van der Waals surface area contributed by atoms with Gasteiger partial charge in [0, 0.05) is 4.47 Å². The molecule has 1 heterocycles. The molecule has 6 nitrogen and oxygen atoms in total. The molecule has 3 aromatic carbocycles. The lowest BCUT2D eigenvalue weighted by Gasteiger charge is -2.26. The molecule has 0 aromatic heterocycles. The number of rotatable bonds is 5. The summed E-state index contributed by atoms with van der Waals surface area (Å²) in [6.45, 7) is 4.09. The van der Waals surface area contributed by atoms with Crippen molar-refractivity contribution >= 4 is 45.5 Å². The van der Waals surface area contributed by atoms with E-state index in [1.807, 2.05) is 26.0 Å². The predicted molar refractivity (Wildman–Crippen MR) is 135 cm³/mol. The number of carbonyl (C=O) groups excluding carboxylic acids is 3. The molecule has 0 unspecified atom stereocenters. The zero-order valence-corrected chi connectivity index (χ0v) is 20.6. The fourth-order valence-electron chi connectivity index (χ4n) is 4.03. The monoisotopic (exact) mass is 518 g/mol. The van der Waals surface area contributed by atoms with Crippen molar-refractivity contribution < 1.29 is 19.1 Å². The van der Waals surface area contributed by atoms with Crippen LogP contribution in [0.2, 0.25) is 0 Å². The van der Waals surface area contributed by atoms with Gasteiger partial charge in [-0.15, -0.1) is 0 Å². The number of hydrogen-bond donors (Lipinski definition) is 1. The molecule has 0 aliphatic carbocycles. The van der Waals surface area contributed by atoms with Crippen LogP contribution in [0.15, 0.2) is 70.7 Å². The number of halogens is 1. The lowest BCUT2D eigenvalue weighted by atomic mass is 9.95. The Balaban J connectivity index is 1.75. The highest BCUT2D eigenvalue weighted by atomic mass is 79.9. The molecule has 34 heavy (non-hydrogen) atoms. The zero-order chi connectivity index (χ0) is 24.4. The van der Waals surface area contributed by atoms with Gasteiger partial charge in [-0.2, -0.15) is 0 Å². The minimum Gasteiger partial charge on any atom is -0.497 e. The summed E-state index contributed by atoms with van der Waals surface area (Å²) in [6, 6.07) is 17.7. The summed E-state index contributed by atoms with van der Waals surface area (Å²) >= 11 is 3.34. The average molecular weight is 519 g/mol. The second kappa shape index (κ2) is 9.65. The molecule has 4 rings (SSSR count). The Morgan fingerprint density at radius 1 is 0.941 bits per heavy atom. The van der Waals surface area contributed by atoms with E-state index in [9.17, 15) is 14.4 Å². The van der Waals surface area contributed by atoms with Gasteiger partial charge in [0.15, 0.2) is 0 Å². The summed E-state index contributed by atoms with van der Waals surface area (Å²) in [6.07, 6.45) is 2.12. The van der Waals surface area contributed by atoms with E-state index in [1.54, 1.807) is 37.4 Å². The third-order valence-electron chi connectivity index (χ3n) is 5.51. The van der Waals surface area contributed by atoms with E-state index in [-0.39, 0.29) is 5.57 Å². The summed E-state index contributed by atoms with van der Waals surface area (Å²) in [5, 5.41) is 2.27. The predicted octanol–water partition coefficient (Wildman–Crippen LogP) is 5.33. The van der Waals surface area contributed by atoms with Gasteiger partial charge >= 0.3 is 6.03 Å². The van der Waals surface area contributed by atoms with Gasteiger partial charge in [0.25, 0.3) is 11.8 Å². The molecule has 1 saturated heterocycles. The van der Waals surface area contributed by atoms with Crippen LogP contribution < -0.4 is 15.0 Å². The molecular formula is C27H23BrN2O4. The molecule has 3 aromatic rings. The van der Waals surface area contributed by atoms with Crippen molar-refractivity contribution in [1.29, 1.82) is 0 Å². The standard InChI is InChI=1S/C27H23BrN2O4/c1-16-10-17(2)12-18(11-16)13-20-14-23(34-3)9-4-19(20)15-24-25(31)29-27(33)30(26(24)32)22-7-5-21(28)6-8-22/h4-12,14-15H,13H2,1-3H3,(H,29,31,33)/b24-15+. The van der Waals surface area contributed by atoms with Gasteiger partial charge in [-0.3, -0.25) is 14.9 Å². The molecule has 1 aliphatic heterocycles. The van der Waals surface area contributed by atoms with Crippen LogP contribution in [0.4, 0.5) is 10.5 Å². The van der Waals surface area contributed by atoms with E-state index in [0.29, 0.717) is 23.4 Å². The van der Waals surface area contributed by atoms with E-state index in [0.717, 1.165) is 31.6 Å². The van der Waals surface area contributed by atoms with Crippen molar-refractivity contribution in [2.24, 2.45) is 0 Å². The lowest BCUT2D eigenvalue weighted by molar-refractivity contribution is -0.122. The quantitative estimate of drug-likeness (QED) is 0.365. The van der Waals surface area contributed by atoms with Gasteiger partial charge in [0.2, 0.25) is 0 Å². The minimum atomic E-state index is -0.778. The van der Waals surface area contributed by atoms with E-state index < -0.39 is 17.8 Å². The van der Waals surface area contributed by atoms with Crippen LogP contribution in [0.3, 0.4) is 0 Å². The first-order chi connectivity index (χ1) is 16.2. The number of barbiturate groups is 1. The molecule has 1 aliphatic rings. The number of urea groups is 1. The molecule has 0 saturated carbocycles. The first-order valence-corrected chi connectivity index (χ1v) is 11.5. The van der Waals surface area contributed by atoms with E-state index in [1.165, 1.54) is 6.08 Å². The van der Waals surface area contributed by atoms with Gasteiger partial charge in [0.1, 0.15) is 11.3 Å². The number of benzene rings is 3. The number of nitrogens with zero attached hydrogens (tertiary/aromatic N) is 1. The number of methoxy groups -OCH3 is 1. The van der Waals surface area contributed by atoms with Crippen molar-refractivity contribution in [2.45, 2.75) is 20.3 Å². The van der Waals surface area contributed by atoms with Crippen LogP contribution in [0.5, 0.6) is 5.75 Å². The van der Waals surface area contributed by atoms with Crippen LogP contribution in [0, 0.1) is 13.8 Å². The molecule has 0 bridgehead atoms. The van der Waals surface area contributed by atoms with Crippen molar-refractivity contribution in [1.82, 2.24) is 5.32 Å². The summed E-state index contributed by atoms with van der Waals surface area (Å²) in [4.78, 5) is 39.3. The van der Waals surface area contributed by atoms with Gasteiger partial charge in [-0.25, -0.2) is 9.69 Å². The Morgan fingerprint density at radius 3 is 2.26 bits per heavy atom. The van der Waals surface area contributed by atoms with E-state index in [2.05, 4.69) is 39.4 Å². The van der Waals surface area contributed by atoms with Crippen molar-refractivity contribution in [3.8, 4) is 5.75 Å². The third kappa shape index (κ3) is 4.94. The number of aryl methyl sites for hydroxylation is 2. The number of hydrogen-bond acceptors (Lipinski definition) is 4. The second-order valence-electron chi connectivity index (χ2n) is 8.17. The maximum absolute atomic E-state index is 13.3. The van der Waals surface area contributed by atoms with Crippen molar-refractivity contribution in [3.63, 3.8) is 0 Å². The second-order valence-corrected chi connectivity index (χ2v) is 9.09. The van der Waals surface area contributed by atoms with Crippen molar-refractivity contribution in [2.75, 3.05) is 12.0 Å². The molecule has 4 amide bonds. The highest BCUT2D eigenvalue weighted by Crippen LogP contribution is 2.27. The summed E-state index contributed by atoms with van der Waals surface area (Å²) in [5.74, 6) is -0.728. The number of nitrogens with one attached hydrogen (secondary N) is 1. The molecular weight excluding hydrogens is 496 g/mol. The van der Waals surface area contributed by atoms with Crippen LogP contribution in [-0.4, -0.2) is 25.0 Å². The molecule has 7 heteroatoms. The lowest BCUT2D eigenvalue weighted by Crippen LogP contribution is -2.54. The maximum Gasteiger partial charge on any atom is 0.335 e. The number of ether oxygens (including phenoxy) is 1. The van der Waals surface area contributed by atoms with Gasteiger partial charge in [-0.1, -0.05) is 51.3 Å². The molecule has 172 valence electrons. The number of anilines is 1. The Morgan fingerprint density at radius 2 is 1.62 bits per heavy atom. The molecule has 1 N–H and O–H groups in total. The number of imide groups is 2. The Bertz CT molecular complexity index is 1310. The largest absolute Gasteiger partial charge is 0.497 e. The summed E-state index contributed by atoms with van der Waals surface area (Å²) < 4.78 is 6.21. The van der Waals surface area contributed by atoms with Gasteiger partial charge in [0.05, 0.1) is 12.8 Å². The third-order valence-corrected chi connectivity index (χ3v) is 6.04. The van der Waals surface area contributed by atoms with Crippen LogP contribution in [-0.2, 0) is 16.0 Å². The SMILES string of the molecule is COc1ccc(/C=C2\C(=O)NC(=O)N(c3ccc(Br)cc3)C2=O)c(Cc2cc(C)cc(C)c2)c1. The van der Waals surface area contributed by atoms with E-state index >= 15 is 0 Å². The van der Waals surface area contributed by atoms with Gasteiger partial charge in [-0.05, 0) is 79.4 Å². The Kier molecular flexibility index (Phi) is 6.65. The van der Waals surface area contributed by atoms with Crippen molar-refractivity contribution in [3.05, 3.63) is 98.5 Å². The summed E-state index contributed by atoms with van der Waals surface area (Å²) in [5.41, 5.74) is 5.26. The Labute approximate surface area is 206 Å². The van der Waals surface area contributed by atoms with E-state index in [4.69, 9.17) is 4.74 Å². The Hall–Kier alpha value is -3.71. The molecule has 0 spiro atoms. The smallest absolute Gasteiger partial charge is 0.335 e. The fraction of sp³-hybridized carbons (Fsp3) is 0.148. The fourth-order valence-corrected chi connectivity index (χ4v) is 4.30. The molecule has 0 atom stereocenters. The average Bonchev–Trinajstić information content (AvgIpc) is 2.78. The normalized spacial score (nSPS) is 15.0. The summed E-state index contributed by atoms with van der Waals surface area (Å²) in [7, 11) is 1.59.